The fourth-order valence-electron chi connectivity index (χ4n) is 1.30. The molecule has 0 aliphatic heterocycles. The molecular weight excluding hydrogens is 230 g/mol. The average molecular weight is 247 g/mol. The molecule has 0 saturated heterocycles. The van der Waals surface area contributed by atoms with Crippen LogP contribution in [0.4, 0.5) is 0 Å². The van der Waals surface area contributed by atoms with Crippen LogP contribution in [-0.4, -0.2) is 48.2 Å². The molecule has 7 heteroatoms. The van der Waals surface area contributed by atoms with Gasteiger partial charge in [0.05, 0.1) is 6.20 Å². The number of hydrogen-bond acceptors (Lipinski definition) is 4. The molecule has 0 aromatic carbocycles. The lowest BCUT2D eigenvalue weighted by atomic mass is 10.2. The second kappa shape index (κ2) is 5.97. The van der Waals surface area contributed by atoms with Crippen molar-refractivity contribution in [2.45, 2.75) is 24.2 Å². The lowest BCUT2D eigenvalue weighted by Crippen LogP contribution is -2.27. The molecule has 0 aliphatic carbocycles. The molecule has 2 N–H and O–H groups in total. The van der Waals surface area contributed by atoms with Crippen LogP contribution in [0.1, 0.15) is 19.3 Å². The van der Waals surface area contributed by atoms with Gasteiger partial charge in [0.1, 0.15) is 4.90 Å². The zero-order chi connectivity index (χ0) is 12.0. The van der Waals surface area contributed by atoms with Crippen LogP contribution < -0.4 is 0 Å². The second-order valence-corrected chi connectivity index (χ2v) is 5.59. The SMILES string of the molecule is CN(CCCCCO)S(=O)(=O)c1cn[nH]c1. The van der Waals surface area contributed by atoms with E-state index in [1.54, 1.807) is 7.05 Å². The number of unbranched alkanes of at least 4 members (excludes halogenated alkanes) is 2. The summed E-state index contributed by atoms with van der Waals surface area (Å²) in [7, 11) is -1.86. The fourth-order valence-corrected chi connectivity index (χ4v) is 2.42. The lowest BCUT2D eigenvalue weighted by Gasteiger charge is -2.15. The summed E-state index contributed by atoms with van der Waals surface area (Å²) in [6, 6.07) is 0. The van der Waals surface area contributed by atoms with Crippen molar-refractivity contribution in [2.75, 3.05) is 20.2 Å². The first-order valence-electron chi connectivity index (χ1n) is 5.15. The molecule has 0 amide bonds. The molecule has 1 rings (SSSR count). The van der Waals surface area contributed by atoms with Gasteiger partial charge in [-0.15, -0.1) is 0 Å². The van der Waals surface area contributed by atoms with E-state index in [9.17, 15) is 8.42 Å². The van der Waals surface area contributed by atoms with E-state index in [1.807, 2.05) is 0 Å². The van der Waals surface area contributed by atoms with Gasteiger partial charge in [0.25, 0.3) is 0 Å². The summed E-state index contributed by atoms with van der Waals surface area (Å²) in [5, 5.41) is 14.7. The van der Waals surface area contributed by atoms with Crippen molar-refractivity contribution in [3.8, 4) is 0 Å². The van der Waals surface area contributed by atoms with Crippen molar-refractivity contribution >= 4 is 10.0 Å². The highest BCUT2D eigenvalue weighted by Crippen LogP contribution is 2.12. The van der Waals surface area contributed by atoms with Gasteiger partial charge >= 0.3 is 0 Å². The van der Waals surface area contributed by atoms with Crippen molar-refractivity contribution in [2.24, 2.45) is 0 Å². The van der Waals surface area contributed by atoms with Crippen LogP contribution in [0.15, 0.2) is 17.3 Å². The summed E-state index contributed by atoms with van der Waals surface area (Å²) >= 11 is 0. The molecule has 6 nitrogen and oxygen atoms in total. The Balaban J connectivity index is 2.50. The molecule has 0 fully saturated rings. The van der Waals surface area contributed by atoms with Crippen molar-refractivity contribution in [3.63, 3.8) is 0 Å². The topological polar surface area (TPSA) is 86.3 Å². The number of aromatic nitrogens is 2. The molecule has 0 radical (unpaired) electrons. The zero-order valence-electron chi connectivity index (χ0n) is 9.26. The minimum absolute atomic E-state index is 0.151. The Morgan fingerprint density at radius 2 is 2.19 bits per heavy atom. The highest BCUT2D eigenvalue weighted by molar-refractivity contribution is 7.89. The first-order chi connectivity index (χ1) is 7.59. The van der Waals surface area contributed by atoms with E-state index in [0.717, 1.165) is 12.8 Å². The van der Waals surface area contributed by atoms with Gasteiger partial charge in [-0.3, -0.25) is 5.10 Å². The third-order valence-electron chi connectivity index (χ3n) is 2.31. The minimum atomic E-state index is -3.41. The molecule has 0 bridgehead atoms. The Labute approximate surface area is 95.3 Å². The smallest absolute Gasteiger partial charge is 0.245 e. The van der Waals surface area contributed by atoms with Crippen molar-refractivity contribution in [1.82, 2.24) is 14.5 Å². The first kappa shape index (κ1) is 13.1. The molecule has 0 atom stereocenters. The molecule has 0 saturated carbocycles. The van der Waals surface area contributed by atoms with Crippen LogP contribution >= 0.6 is 0 Å². The van der Waals surface area contributed by atoms with Gasteiger partial charge in [-0.2, -0.15) is 5.10 Å². The van der Waals surface area contributed by atoms with Gasteiger partial charge in [-0.25, -0.2) is 12.7 Å². The van der Waals surface area contributed by atoms with Crippen LogP contribution in [0.2, 0.25) is 0 Å². The van der Waals surface area contributed by atoms with E-state index < -0.39 is 10.0 Å². The summed E-state index contributed by atoms with van der Waals surface area (Å²) in [4.78, 5) is 0.178. The van der Waals surface area contributed by atoms with E-state index >= 15 is 0 Å². The summed E-state index contributed by atoms with van der Waals surface area (Å²) in [6.45, 7) is 0.603. The van der Waals surface area contributed by atoms with Crippen molar-refractivity contribution < 1.29 is 13.5 Å². The fraction of sp³-hybridized carbons (Fsp3) is 0.667. The maximum atomic E-state index is 11.9. The Bertz CT molecular complexity index is 388. The average Bonchev–Trinajstić information content (AvgIpc) is 2.77. The Morgan fingerprint density at radius 3 is 2.75 bits per heavy atom. The molecule has 1 aromatic heterocycles. The third kappa shape index (κ3) is 3.29. The minimum Gasteiger partial charge on any atom is -0.396 e. The Hall–Kier alpha value is -0.920. The summed E-state index contributed by atoms with van der Waals surface area (Å²) in [6.07, 6.45) is 4.93. The van der Waals surface area contributed by atoms with Gasteiger partial charge in [0, 0.05) is 26.4 Å². The summed E-state index contributed by atoms with van der Waals surface area (Å²) < 4.78 is 25.0. The third-order valence-corrected chi connectivity index (χ3v) is 4.13. The maximum Gasteiger partial charge on any atom is 0.245 e. The molecule has 0 aliphatic rings. The van der Waals surface area contributed by atoms with Crippen LogP contribution in [0.5, 0.6) is 0 Å². The van der Waals surface area contributed by atoms with Crippen LogP contribution in [0.3, 0.4) is 0 Å². The van der Waals surface area contributed by atoms with E-state index in [2.05, 4.69) is 10.2 Å². The van der Waals surface area contributed by atoms with E-state index in [4.69, 9.17) is 5.11 Å². The predicted octanol–water partition coefficient (Wildman–Crippen LogP) is 0.193. The van der Waals surface area contributed by atoms with Crippen LogP contribution in [-0.2, 0) is 10.0 Å². The number of aliphatic hydroxyl groups is 1. The number of hydrogen-bond donors (Lipinski definition) is 2. The van der Waals surface area contributed by atoms with Gasteiger partial charge in [0.2, 0.25) is 10.0 Å². The largest absolute Gasteiger partial charge is 0.396 e. The number of nitrogens with one attached hydrogen (secondary N) is 1. The van der Waals surface area contributed by atoms with Crippen LogP contribution in [0, 0.1) is 0 Å². The second-order valence-electron chi connectivity index (χ2n) is 3.54. The lowest BCUT2D eigenvalue weighted by molar-refractivity contribution is 0.281. The van der Waals surface area contributed by atoms with Crippen LogP contribution in [0.25, 0.3) is 0 Å². The Morgan fingerprint density at radius 1 is 1.44 bits per heavy atom. The molecule has 92 valence electrons. The highest BCUT2D eigenvalue weighted by atomic mass is 32.2. The predicted molar refractivity (Wildman–Crippen MR) is 59.3 cm³/mol. The maximum absolute atomic E-state index is 11.9. The first-order valence-corrected chi connectivity index (χ1v) is 6.59. The quantitative estimate of drug-likeness (QED) is 0.674. The van der Waals surface area contributed by atoms with Gasteiger partial charge in [0.15, 0.2) is 0 Å². The van der Waals surface area contributed by atoms with E-state index in [1.165, 1.54) is 16.7 Å². The molecular formula is C9H17N3O3S. The van der Waals surface area contributed by atoms with Crippen molar-refractivity contribution in [1.29, 1.82) is 0 Å². The normalized spacial score (nSPS) is 12.2. The number of sulfonamides is 1. The highest BCUT2D eigenvalue weighted by Gasteiger charge is 2.20. The van der Waals surface area contributed by atoms with E-state index in [0.29, 0.717) is 13.0 Å². The zero-order valence-corrected chi connectivity index (χ0v) is 10.1. The summed E-state index contributed by atoms with van der Waals surface area (Å²) in [5.74, 6) is 0. The number of nitrogens with zero attached hydrogens (tertiary/aromatic N) is 2. The van der Waals surface area contributed by atoms with Gasteiger partial charge < -0.3 is 5.11 Å². The molecule has 0 unspecified atom stereocenters. The molecule has 1 heterocycles. The van der Waals surface area contributed by atoms with E-state index in [-0.39, 0.29) is 11.5 Å². The number of H-pyrrole nitrogens is 1. The summed E-state index contributed by atoms with van der Waals surface area (Å²) in [5.41, 5.74) is 0. The number of aliphatic hydroxyl groups excluding tert-OH is 1. The molecule has 1 aromatic rings. The molecule has 16 heavy (non-hydrogen) atoms. The molecule has 0 spiro atoms. The monoisotopic (exact) mass is 247 g/mol. The number of rotatable bonds is 7. The van der Waals surface area contributed by atoms with Gasteiger partial charge in [-0.1, -0.05) is 0 Å². The number of aromatic amines is 1. The van der Waals surface area contributed by atoms with Gasteiger partial charge in [-0.05, 0) is 19.3 Å². The standard InChI is InChI=1S/C9H17N3O3S/c1-12(5-3-2-4-6-13)16(14,15)9-7-10-11-8-9/h7-8,13H,2-6H2,1H3,(H,10,11). The van der Waals surface area contributed by atoms with Crippen molar-refractivity contribution in [3.05, 3.63) is 12.4 Å². The Kier molecular flexibility index (Phi) is 4.91.